The maximum Gasteiger partial charge on any atom is 0.133 e. The average Bonchev–Trinajstić information content (AvgIpc) is 3.20. The third kappa shape index (κ3) is 2.15. The van der Waals surface area contributed by atoms with Gasteiger partial charge in [0.25, 0.3) is 0 Å². The minimum atomic E-state index is -0.229. The van der Waals surface area contributed by atoms with Crippen LogP contribution in [0.3, 0.4) is 0 Å². The second-order valence-corrected chi connectivity index (χ2v) is 10.8. The van der Waals surface area contributed by atoms with E-state index in [1.165, 1.54) is 38.5 Å². The molecule has 3 heteroatoms. The SMILES string of the molecule is CC(=O)[C@H]1CC[C@H]2[C@@H]3CC[C@@H]4CC5(CC[C@]4(C)[C@H]3[C@@H](O)C[C@]12C)CO5. The molecule has 1 N–H and O–H groups in total. The highest BCUT2D eigenvalue weighted by atomic mass is 16.6. The Kier molecular flexibility index (Phi) is 3.41. The van der Waals surface area contributed by atoms with E-state index in [1.54, 1.807) is 6.92 Å². The Hall–Kier alpha value is -0.410. The van der Waals surface area contributed by atoms with Crippen LogP contribution in [0.4, 0.5) is 0 Å². The summed E-state index contributed by atoms with van der Waals surface area (Å²) in [5.74, 6) is 2.93. The highest BCUT2D eigenvalue weighted by Gasteiger charge is 2.65. The maximum absolute atomic E-state index is 12.2. The smallest absolute Gasteiger partial charge is 0.133 e. The normalized spacial score (nSPS) is 59.8. The van der Waals surface area contributed by atoms with Gasteiger partial charge in [0, 0.05) is 5.92 Å². The van der Waals surface area contributed by atoms with Gasteiger partial charge < -0.3 is 9.84 Å². The van der Waals surface area contributed by atoms with E-state index in [2.05, 4.69) is 13.8 Å². The van der Waals surface area contributed by atoms with Crippen LogP contribution in [-0.4, -0.2) is 29.2 Å². The van der Waals surface area contributed by atoms with Crippen LogP contribution in [0.2, 0.25) is 0 Å². The van der Waals surface area contributed by atoms with Gasteiger partial charge in [0.2, 0.25) is 0 Å². The van der Waals surface area contributed by atoms with Crippen molar-refractivity contribution in [3.63, 3.8) is 0 Å². The molecule has 1 heterocycles. The minimum Gasteiger partial charge on any atom is -0.393 e. The van der Waals surface area contributed by atoms with Gasteiger partial charge in [-0.15, -0.1) is 0 Å². The molecule has 1 aliphatic heterocycles. The molecule has 5 fully saturated rings. The molecule has 5 aliphatic rings. The molecular formula is C22H34O3. The number of ether oxygens (including phenoxy) is 1. The largest absolute Gasteiger partial charge is 0.393 e. The number of ketones is 1. The summed E-state index contributed by atoms with van der Waals surface area (Å²) in [7, 11) is 0. The lowest BCUT2D eigenvalue weighted by Crippen LogP contribution is -2.59. The van der Waals surface area contributed by atoms with E-state index >= 15 is 0 Å². The Morgan fingerprint density at radius 2 is 1.80 bits per heavy atom. The lowest BCUT2D eigenvalue weighted by atomic mass is 9.43. The minimum absolute atomic E-state index is 0.0328. The summed E-state index contributed by atoms with van der Waals surface area (Å²) in [6.07, 6.45) is 9.03. The van der Waals surface area contributed by atoms with Crippen molar-refractivity contribution in [2.75, 3.05) is 6.61 Å². The predicted molar refractivity (Wildman–Crippen MR) is 96.0 cm³/mol. The van der Waals surface area contributed by atoms with E-state index in [9.17, 15) is 9.90 Å². The van der Waals surface area contributed by atoms with Crippen LogP contribution in [0.15, 0.2) is 0 Å². The second kappa shape index (κ2) is 5.10. The summed E-state index contributed by atoms with van der Waals surface area (Å²) < 4.78 is 5.82. The van der Waals surface area contributed by atoms with Crippen molar-refractivity contribution in [2.24, 2.45) is 40.4 Å². The monoisotopic (exact) mass is 346 g/mol. The molecule has 0 bridgehead atoms. The fraction of sp³-hybridized carbons (Fsp3) is 0.955. The summed E-state index contributed by atoms with van der Waals surface area (Å²) in [6.45, 7) is 7.54. The van der Waals surface area contributed by atoms with Crippen LogP contribution in [0.1, 0.15) is 72.1 Å². The molecule has 1 saturated heterocycles. The number of rotatable bonds is 1. The molecule has 0 radical (unpaired) electrons. The number of hydrogen-bond acceptors (Lipinski definition) is 3. The molecule has 4 saturated carbocycles. The van der Waals surface area contributed by atoms with Crippen LogP contribution in [0.25, 0.3) is 0 Å². The molecule has 1 unspecified atom stereocenters. The van der Waals surface area contributed by atoms with E-state index < -0.39 is 0 Å². The van der Waals surface area contributed by atoms with Crippen molar-refractivity contribution in [3.05, 3.63) is 0 Å². The zero-order chi connectivity index (χ0) is 17.6. The molecule has 4 aliphatic carbocycles. The van der Waals surface area contributed by atoms with Crippen LogP contribution >= 0.6 is 0 Å². The highest BCUT2D eigenvalue weighted by molar-refractivity contribution is 5.79. The molecule has 1 spiro atoms. The zero-order valence-corrected chi connectivity index (χ0v) is 16.1. The first-order valence-corrected chi connectivity index (χ1v) is 10.6. The summed E-state index contributed by atoms with van der Waals surface area (Å²) in [6, 6.07) is 0. The van der Waals surface area contributed by atoms with Crippen molar-refractivity contribution >= 4 is 5.78 Å². The van der Waals surface area contributed by atoms with Crippen LogP contribution in [0.5, 0.6) is 0 Å². The first kappa shape index (κ1) is 16.7. The van der Waals surface area contributed by atoms with Crippen molar-refractivity contribution < 1.29 is 14.6 Å². The summed E-state index contributed by atoms with van der Waals surface area (Å²) >= 11 is 0. The number of aliphatic hydroxyl groups excluding tert-OH is 1. The molecular weight excluding hydrogens is 312 g/mol. The number of carbonyl (C=O) groups excluding carboxylic acids is 1. The molecule has 3 nitrogen and oxygen atoms in total. The molecule has 0 aromatic carbocycles. The van der Waals surface area contributed by atoms with E-state index in [0.717, 1.165) is 19.4 Å². The van der Waals surface area contributed by atoms with E-state index in [0.29, 0.717) is 29.5 Å². The van der Waals surface area contributed by atoms with Crippen LogP contribution in [-0.2, 0) is 9.53 Å². The van der Waals surface area contributed by atoms with Gasteiger partial charge in [0.15, 0.2) is 0 Å². The van der Waals surface area contributed by atoms with Gasteiger partial charge in [-0.1, -0.05) is 13.8 Å². The Balaban J connectivity index is 1.47. The third-order valence-corrected chi connectivity index (χ3v) is 9.77. The van der Waals surface area contributed by atoms with E-state index in [-0.39, 0.29) is 28.5 Å². The number of carbonyl (C=O) groups is 1. The highest BCUT2D eigenvalue weighted by Crippen LogP contribution is 2.69. The predicted octanol–water partition coefficient (Wildman–Crippen LogP) is 3.97. The molecule has 25 heavy (non-hydrogen) atoms. The van der Waals surface area contributed by atoms with Crippen LogP contribution < -0.4 is 0 Å². The summed E-state index contributed by atoms with van der Waals surface area (Å²) in [5, 5.41) is 11.3. The standard InChI is InChI=1S/C22H34O3/c1-13(23)16-6-7-17-15-5-4-14-10-22(12-25-22)9-8-20(14,2)19(15)18(24)11-21(16,17)3/h14-19,24H,4-12H2,1-3H3/t14-,15+,16-,17+,18+,19-,20+,21-,22?/m1/s1. The molecule has 5 rings (SSSR count). The van der Waals surface area contributed by atoms with E-state index in [4.69, 9.17) is 4.74 Å². The maximum atomic E-state index is 12.2. The Morgan fingerprint density at radius 1 is 1.04 bits per heavy atom. The Bertz CT molecular complexity index is 596. The van der Waals surface area contributed by atoms with Gasteiger partial charge in [-0.3, -0.25) is 4.79 Å². The Labute approximate surface area is 151 Å². The number of hydrogen-bond donors (Lipinski definition) is 1. The fourth-order valence-electron chi connectivity index (χ4n) is 8.47. The van der Waals surface area contributed by atoms with Crippen molar-refractivity contribution in [2.45, 2.75) is 83.8 Å². The fourth-order valence-corrected chi connectivity index (χ4v) is 8.47. The van der Waals surface area contributed by atoms with Gasteiger partial charge in [-0.25, -0.2) is 0 Å². The first-order chi connectivity index (χ1) is 11.8. The number of epoxide rings is 1. The number of fused-ring (bicyclic) bond motifs is 5. The summed E-state index contributed by atoms with van der Waals surface area (Å²) in [4.78, 5) is 12.2. The number of Topliss-reactive ketones (excluding diaryl/α,β-unsaturated/α-hetero) is 1. The average molecular weight is 347 g/mol. The zero-order valence-electron chi connectivity index (χ0n) is 16.1. The van der Waals surface area contributed by atoms with Gasteiger partial charge in [-0.2, -0.15) is 0 Å². The van der Waals surface area contributed by atoms with E-state index in [1.807, 2.05) is 0 Å². The lowest BCUT2D eigenvalue weighted by Gasteiger charge is -2.62. The van der Waals surface area contributed by atoms with Gasteiger partial charge in [0.1, 0.15) is 5.78 Å². The van der Waals surface area contributed by atoms with Crippen molar-refractivity contribution in [1.82, 2.24) is 0 Å². The molecule has 0 amide bonds. The lowest BCUT2D eigenvalue weighted by molar-refractivity contribution is -0.175. The quantitative estimate of drug-likeness (QED) is 0.731. The second-order valence-electron chi connectivity index (χ2n) is 10.8. The molecule has 0 aromatic rings. The van der Waals surface area contributed by atoms with Gasteiger partial charge in [-0.05, 0) is 92.8 Å². The van der Waals surface area contributed by atoms with Crippen molar-refractivity contribution in [3.8, 4) is 0 Å². The first-order valence-electron chi connectivity index (χ1n) is 10.6. The summed E-state index contributed by atoms with van der Waals surface area (Å²) in [5.41, 5.74) is 0.526. The number of aliphatic hydroxyl groups is 1. The van der Waals surface area contributed by atoms with Crippen molar-refractivity contribution in [1.29, 1.82) is 0 Å². The van der Waals surface area contributed by atoms with Crippen LogP contribution in [0, 0.1) is 40.4 Å². The molecule has 0 aromatic heterocycles. The Morgan fingerprint density at radius 3 is 2.48 bits per heavy atom. The van der Waals surface area contributed by atoms with Gasteiger partial charge in [0.05, 0.1) is 18.3 Å². The third-order valence-electron chi connectivity index (χ3n) is 9.77. The topological polar surface area (TPSA) is 49.8 Å². The molecule has 140 valence electrons. The van der Waals surface area contributed by atoms with Gasteiger partial charge >= 0.3 is 0 Å². The molecule has 9 atom stereocenters.